The minimum atomic E-state index is -0.620. The number of halogens is 2. The zero-order valence-corrected chi connectivity index (χ0v) is 6.45. The Morgan fingerprint density at radius 3 is 2.00 bits per heavy atom. The zero-order chi connectivity index (χ0) is 5.70. The van der Waals surface area contributed by atoms with E-state index in [0.29, 0.717) is 0 Å². The number of nitrogens with two attached hydrogens (primary N) is 2. The molecular weight excluding hydrogens is 167 g/mol. The Balaban J connectivity index is -0.000000180. The third-order valence-corrected chi connectivity index (χ3v) is 0.561. The number of rotatable bonds is 3. The lowest BCUT2D eigenvalue weighted by Gasteiger charge is -2.02. The third-order valence-electron chi connectivity index (χ3n) is 0.561. The van der Waals surface area contributed by atoms with Crippen LogP contribution in [0.15, 0.2) is 0 Å². The van der Waals surface area contributed by atoms with Crippen LogP contribution in [-0.4, -0.2) is 24.4 Å². The van der Waals surface area contributed by atoms with E-state index >= 15 is 0 Å². The minimum Gasteiger partial charge on any atom is -0.389 e. The van der Waals surface area contributed by atoms with Crippen molar-refractivity contribution in [1.29, 1.82) is 0 Å². The Morgan fingerprint density at radius 1 is 1.44 bits per heavy atom. The van der Waals surface area contributed by atoms with E-state index in [1.807, 2.05) is 0 Å². The molecule has 0 heterocycles. The Morgan fingerprint density at radius 2 is 1.89 bits per heavy atom. The zero-order valence-electron chi connectivity index (χ0n) is 4.82. The van der Waals surface area contributed by atoms with Gasteiger partial charge in [-0.15, -0.1) is 24.8 Å². The molecule has 0 aliphatic carbocycles. The first-order valence-corrected chi connectivity index (χ1v) is 2.01. The molecule has 0 radical (unpaired) electrons. The quantitative estimate of drug-likeness (QED) is 0.487. The van der Waals surface area contributed by atoms with Crippen molar-refractivity contribution in [3.05, 3.63) is 0 Å². The molecule has 0 aromatic rings. The van der Waals surface area contributed by atoms with Crippen molar-refractivity contribution in [3.63, 3.8) is 0 Å². The maximum Gasteiger partial charge on any atom is 0.0951 e. The maximum absolute atomic E-state index is 8.53. The topological polar surface area (TPSA) is 81.5 Å². The molecule has 0 spiro atoms. The average molecular weight is 179 g/mol. The van der Waals surface area contributed by atoms with Crippen molar-refractivity contribution in [3.8, 4) is 0 Å². The molecule has 0 aliphatic rings. The summed E-state index contributed by atoms with van der Waals surface area (Å²) in [4.78, 5) is 4.06. The molecule has 0 saturated carbocycles. The van der Waals surface area contributed by atoms with Crippen molar-refractivity contribution >= 4 is 24.8 Å². The molecule has 0 rings (SSSR count). The van der Waals surface area contributed by atoms with Gasteiger partial charge in [0.2, 0.25) is 0 Å². The van der Waals surface area contributed by atoms with E-state index in [0.717, 1.165) is 0 Å². The molecule has 0 aliphatic heterocycles. The van der Waals surface area contributed by atoms with Gasteiger partial charge in [-0.25, -0.2) is 5.90 Å². The molecule has 4 nitrogen and oxygen atoms in total. The van der Waals surface area contributed by atoms with Crippen LogP contribution in [0.25, 0.3) is 0 Å². The second-order valence-electron chi connectivity index (χ2n) is 1.22. The van der Waals surface area contributed by atoms with Gasteiger partial charge in [-0.2, -0.15) is 0 Å². The largest absolute Gasteiger partial charge is 0.389 e. The summed E-state index contributed by atoms with van der Waals surface area (Å²) < 4.78 is 0. The van der Waals surface area contributed by atoms with Gasteiger partial charge in [0.15, 0.2) is 0 Å². The third kappa shape index (κ3) is 11.8. The van der Waals surface area contributed by atoms with Crippen LogP contribution in [0.1, 0.15) is 0 Å². The molecule has 6 heteroatoms. The lowest BCUT2D eigenvalue weighted by molar-refractivity contribution is 0.0413. The van der Waals surface area contributed by atoms with Crippen LogP contribution >= 0.6 is 24.8 Å². The van der Waals surface area contributed by atoms with Crippen molar-refractivity contribution in [2.24, 2.45) is 11.6 Å². The predicted octanol–water partition coefficient (Wildman–Crippen LogP) is -0.960. The Kier molecular flexibility index (Phi) is 20.2. The Labute approximate surface area is 66.3 Å². The van der Waals surface area contributed by atoms with Gasteiger partial charge in [0.05, 0.1) is 12.7 Å². The van der Waals surface area contributed by atoms with Gasteiger partial charge in [-0.05, 0) is 0 Å². The highest BCUT2D eigenvalue weighted by atomic mass is 35.5. The van der Waals surface area contributed by atoms with Gasteiger partial charge >= 0.3 is 0 Å². The summed E-state index contributed by atoms with van der Waals surface area (Å²) in [5.41, 5.74) is 4.97. The van der Waals surface area contributed by atoms with Gasteiger partial charge in [-0.1, -0.05) is 0 Å². The van der Waals surface area contributed by atoms with E-state index in [1.54, 1.807) is 0 Å². The predicted molar refractivity (Wildman–Crippen MR) is 39.7 cm³/mol. The number of aliphatic hydroxyl groups is 1. The SMILES string of the molecule is Cl.Cl.NC[C@H](O)CON. The fourth-order valence-corrected chi connectivity index (χ4v) is 0.179. The first-order valence-electron chi connectivity index (χ1n) is 2.01. The van der Waals surface area contributed by atoms with Gasteiger partial charge in [0.1, 0.15) is 0 Å². The van der Waals surface area contributed by atoms with Crippen molar-refractivity contribution in [2.75, 3.05) is 13.2 Å². The minimum absolute atomic E-state index is 0. The lowest BCUT2D eigenvalue weighted by Crippen LogP contribution is -2.26. The van der Waals surface area contributed by atoms with E-state index in [9.17, 15) is 0 Å². The highest BCUT2D eigenvalue weighted by molar-refractivity contribution is 5.85. The van der Waals surface area contributed by atoms with Crippen molar-refractivity contribution in [2.45, 2.75) is 6.10 Å². The molecule has 0 aromatic carbocycles. The highest BCUT2D eigenvalue weighted by Crippen LogP contribution is 1.73. The molecule has 1 atom stereocenters. The van der Waals surface area contributed by atoms with Crippen LogP contribution < -0.4 is 11.6 Å². The fourth-order valence-electron chi connectivity index (χ4n) is 0.179. The van der Waals surface area contributed by atoms with Crippen molar-refractivity contribution in [1.82, 2.24) is 0 Å². The molecule has 60 valence electrons. The Hall–Kier alpha value is 0.420. The molecule has 0 unspecified atom stereocenters. The molecule has 0 saturated heterocycles. The maximum atomic E-state index is 8.53. The molecule has 0 bridgehead atoms. The van der Waals surface area contributed by atoms with E-state index in [-0.39, 0.29) is 38.0 Å². The van der Waals surface area contributed by atoms with Gasteiger partial charge in [0.25, 0.3) is 0 Å². The van der Waals surface area contributed by atoms with Crippen LogP contribution in [0.5, 0.6) is 0 Å². The van der Waals surface area contributed by atoms with Crippen LogP contribution in [0.3, 0.4) is 0 Å². The number of aliphatic hydroxyl groups excluding tert-OH is 1. The summed E-state index contributed by atoms with van der Waals surface area (Å²) in [5, 5.41) is 8.53. The molecule has 0 amide bonds. The van der Waals surface area contributed by atoms with Gasteiger partial charge < -0.3 is 15.7 Å². The molecule has 0 aromatic heterocycles. The molecule has 0 fully saturated rings. The van der Waals surface area contributed by atoms with Crippen LogP contribution in [-0.2, 0) is 4.84 Å². The molecular formula is C3H12Cl2N2O2. The molecule has 5 N–H and O–H groups in total. The number of hydrogen-bond acceptors (Lipinski definition) is 4. The van der Waals surface area contributed by atoms with E-state index in [1.165, 1.54) is 0 Å². The highest BCUT2D eigenvalue weighted by Gasteiger charge is 1.96. The molecule has 9 heavy (non-hydrogen) atoms. The van der Waals surface area contributed by atoms with Gasteiger partial charge in [0, 0.05) is 6.54 Å². The summed E-state index contributed by atoms with van der Waals surface area (Å²) in [5.74, 6) is 4.59. The Bertz CT molecular complexity index is 48.8. The first-order chi connectivity index (χ1) is 3.31. The summed E-state index contributed by atoms with van der Waals surface area (Å²) >= 11 is 0. The van der Waals surface area contributed by atoms with E-state index in [4.69, 9.17) is 10.8 Å². The standard InChI is InChI=1S/C3H10N2O2.2ClH/c4-1-3(6)2-7-5;;/h3,6H,1-2,4-5H2;2*1H/t3-;;/m0../s1. The summed E-state index contributed by atoms with van der Waals surface area (Å²) in [6, 6.07) is 0. The normalized spacial score (nSPS) is 11.0. The number of hydrogen-bond donors (Lipinski definition) is 3. The summed E-state index contributed by atoms with van der Waals surface area (Å²) in [6.07, 6.45) is -0.620. The average Bonchev–Trinajstić information content (AvgIpc) is 1.68. The monoisotopic (exact) mass is 178 g/mol. The summed E-state index contributed by atoms with van der Waals surface area (Å²) in [6.45, 7) is 0.299. The van der Waals surface area contributed by atoms with Crippen molar-refractivity contribution < 1.29 is 9.94 Å². The van der Waals surface area contributed by atoms with Gasteiger partial charge in [-0.3, -0.25) is 0 Å². The van der Waals surface area contributed by atoms with E-state index < -0.39 is 6.10 Å². The smallest absolute Gasteiger partial charge is 0.0951 e. The van der Waals surface area contributed by atoms with Crippen LogP contribution in [0.2, 0.25) is 0 Å². The summed E-state index contributed by atoms with van der Waals surface area (Å²) in [7, 11) is 0. The van der Waals surface area contributed by atoms with E-state index in [2.05, 4.69) is 10.7 Å². The van der Waals surface area contributed by atoms with Crippen LogP contribution in [0.4, 0.5) is 0 Å². The lowest BCUT2D eigenvalue weighted by atomic mass is 10.4. The second kappa shape index (κ2) is 11.2. The fraction of sp³-hybridized carbons (Fsp3) is 1.00. The second-order valence-corrected chi connectivity index (χ2v) is 1.22. The van der Waals surface area contributed by atoms with Crippen LogP contribution in [0, 0.1) is 0 Å². The first kappa shape index (κ1) is 16.2.